The van der Waals surface area contributed by atoms with Crippen molar-refractivity contribution in [2.24, 2.45) is 5.92 Å². The van der Waals surface area contributed by atoms with Crippen LogP contribution in [-0.4, -0.2) is 29.9 Å². The lowest BCUT2D eigenvalue weighted by molar-refractivity contribution is -0.129. The number of nitrogens with one attached hydrogen (secondary N) is 2. The lowest BCUT2D eigenvalue weighted by atomic mass is 9.89. The third-order valence-electron chi connectivity index (χ3n) is 5.60. The molecule has 2 aromatic rings. The highest BCUT2D eigenvalue weighted by Gasteiger charge is 2.24. The third-order valence-corrected chi connectivity index (χ3v) is 5.60. The second-order valence-corrected chi connectivity index (χ2v) is 7.45. The summed E-state index contributed by atoms with van der Waals surface area (Å²) < 4.78 is 0. The molecule has 5 heteroatoms. The molecule has 1 saturated heterocycles. The summed E-state index contributed by atoms with van der Waals surface area (Å²) in [5.41, 5.74) is 5.53. The molecule has 3 rings (SSSR count). The number of amides is 1. The highest BCUT2D eigenvalue weighted by molar-refractivity contribution is 5.86. The lowest BCUT2D eigenvalue weighted by Gasteiger charge is -2.34. The van der Waals surface area contributed by atoms with Crippen molar-refractivity contribution in [2.75, 3.05) is 18.0 Å². The summed E-state index contributed by atoms with van der Waals surface area (Å²) in [5, 5.41) is 17.4. The van der Waals surface area contributed by atoms with E-state index in [2.05, 4.69) is 11.8 Å². The molecule has 1 amide bonds. The lowest BCUT2D eigenvalue weighted by Crippen LogP contribution is -2.36. The Bertz CT molecular complexity index is 781. The van der Waals surface area contributed by atoms with Gasteiger partial charge in [0.1, 0.15) is 0 Å². The fourth-order valence-electron chi connectivity index (χ4n) is 4.04. The normalized spacial score (nSPS) is 15.9. The second kappa shape index (κ2) is 9.51. The summed E-state index contributed by atoms with van der Waals surface area (Å²) >= 11 is 0. The SMILES string of the molecule is CCCC(=N)C1CCN(c2ccc(C(C(=O)NO)c3ccccc3)cc2)CC1. The molecule has 3 N–H and O–H groups in total. The minimum absolute atomic E-state index is 0.422. The topological polar surface area (TPSA) is 76.4 Å². The van der Waals surface area contributed by atoms with E-state index in [1.807, 2.05) is 54.6 Å². The standard InChI is InChI=1S/C23H29N3O2/c1-2-6-21(24)17-13-15-26(16-14-17)20-11-9-19(10-12-20)22(23(27)25-28)18-7-4-3-5-8-18/h3-5,7-12,17,22,24,28H,2,6,13-16H2,1H3,(H,25,27). The van der Waals surface area contributed by atoms with Gasteiger partial charge in [0.2, 0.25) is 0 Å². The molecular weight excluding hydrogens is 350 g/mol. The summed E-state index contributed by atoms with van der Waals surface area (Å²) in [7, 11) is 0. The molecule has 1 aliphatic heterocycles. The molecule has 0 saturated carbocycles. The number of hydrogen-bond acceptors (Lipinski definition) is 4. The fraction of sp³-hybridized carbons (Fsp3) is 0.391. The van der Waals surface area contributed by atoms with Crippen LogP contribution in [0.5, 0.6) is 0 Å². The van der Waals surface area contributed by atoms with Gasteiger partial charge in [-0.25, -0.2) is 5.48 Å². The zero-order valence-electron chi connectivity index (χ0n) is 16.4. The molecule has 5 nitrogen and oxygen atoms in total. The molecule has 0 aliphatic carbocycles. The van der Waals surface area contributed by atoms with Gasteiger partial charge < -0.3 is 10.3 Å². The Morgan fingerprint density at radius 2 is 1.71 bits per heavy atom. The molecule has 1 fully saturated rings. The number of hydroxylamine groups is 1. The summed E-state index contributed by atoms with van der Waals surface area (Å²) in [4.78, 5) is 14.6. The average molecular weight is 380 g/mol. The Labute approximate surface area is 166 Å². The smallest absolute Gasteiger partial charge is 0.255 e. The zero-order chi connectivity index (χ0) is 19.9. The minimum Gasteiger partial charge on any atom is -0.371 e. The quantitative estimate of drug-likeness (QED) is 0.380. The first kappa shape index (κ1) is 20.1. The largest absolute Gasteiger partial charge is 0.371 e. The predicted octanol–water partition coefficient (Wildman–Crippen LogP) is 4.36. The monoisotopic (exact) mass is 379 g/mol. The Morgan fingerprint density at radius 1 is 1.11 bits per heavy atom. The van der Waals surface area contributed by atoms with Crippen molar-refractivity contribution in [1.29, 1.82) is 5.41 Å². The second-order valence-electron chi connectivity index (χ2n) is 7.45. The first-order valence-corrected chi connectivity index (χ1v) is 10.0. The van der Waals surface area contributed by atoms with Gasteiger partial charge in [-0.05, 0) is 48.4 Å². The Kier molecular flexibility index (Phi) is 6.82. The van der Waals surface area contributed by atoms with Crippen molar-refractivity contribution in [3.63, 3.8) is 0 Å². The fourth-order valence-corrected chi connectivity index (χ4v) is 4.04. The van der Waals surface area contributed by atoms with E-state index >= 15 is 0 Å². The number of nitrogens with zero attached hydrogens (tertiary/aromatic N) is 1. The van der Waals surface area contributed by atoms with Crippen LogP contribution in [0, 0.1) is 11.3 Å². The van der Waals surface area contributed by atoms with Crippen LogP contribution >= 0.6 is 0 Å². The number of rotatable bonds is 7. The van der Waals surface area contributed by atoms with Crippen LogP contribution < -0.4 is 10.4 Å². The summed E-state index contributed by atoms with van der Waals surface area (Å²) in [6.07, 6.45) is 4.01. The van der Waals surface area contributed by atoms with Crippen molar-refractivity contribution in [1.82, 2.24) is 5.48 Å². The number of carbonyl (C=O) groups excluding carboxylic acids is 1. The van der Waals surface area contributed by atoms with Crippen LogP contribution in [0.25, 0.3) is 0 Å². The Hall–Kier alpha value is -2.66. The summed E-state index contributed by atoms with van der Waals surface area (Å²) in [6.45, 7) is 4.04. The van der Waals surface area contributed by atoms with Gasteiger partial charge in [-0.15, -0.1) is 0 Å². The van der Waals surface area contributed by atoms with E-state index in [1.165, 1.54) is 0 Å². The van der Waals surface area contributed by atoms with E-state index in [-0.39, 0.29) is 0 Å². The zero-order valence-corrected chi connectivity index (χ0v) is 16.4. The molecular formula is C23H29N3O2. The van der Waals surface area contributed by atoms with Gasteiger partial charge in [0.15, 0.2) is 0 Å². The summed E-state index contributed by atoms with van der Waals surface area (Å²) in [5.74, 6) is -0.555. The van der Waals surface area contributed by atoms with Crippen molar-refractivity contribution in [3.8, 4) is 0 Å². The van der Waals surface area contributed by atoms with Crippen LogP contribution in [-0.2, 0) is 4.79 Å². The van der Waals surface area contributed by atoms with Crippen LogP contribution in [0.1, 0.15) is 49.7 Å². The molecule has 0 spiro atoms. The van der Waals surface area contributed by atoms with Crippen molar-refractivity contribution in [2.45, 2.75) is 38.5 Å². The van der Waals surface area contributed by atoms with E-state index in [0.29, 0.717) is 5.92 Å². The number of piperidine rings is 1. The molecule has 1 atom stereocenters. The van der Waals surface area contributed by atoms with Crippen LogP contribution in [0.4, 0.5) is 5.69 Å². The summed E-state index contributed by atoms with van der Waals surface area (Å²) in [6, 6.07) is 17.5. The van der Waals surface area contributed by atoms with Gasteiger partial charge in [0, 0.05) is 24.5 Å². The molecule has 0 aromatic heterocycles. The maximum absolute atomic E-state index is 12.3. The Balaban J connectivity index is 1.71. The number of anilines is 1. The van der Waals surface area contributed by atoms with Gasteiger partial charge in [0.05, 0.1) is 5.92 Å². The van der Waals surface area contributed by atoms with E-state index in [1.54, 1.807) is 5.48 Å². The highest BCUT2D eigenvalue weighted by atomic mass is 16.5. The van der Waals surface area contributed by atoms with Gasteiger partial charge in [0.25, 0.3) is 5.91 Å². The van der Waals surface area contributed by atoms with Crippen molar-refractivity contribution >= 4 is 17.3 Å². The van der Waals surface area contributed by atoms with Crippen LogP contribution in [0.15, 0.2) is 54.6 Å². The van der Waals surface area contributed by atoms with E-state index in [4.69, 9.17) is 10.6 Å². The van der Waals surface area contributed by atoms with Crippen LogP contribution in [0.3, 0.4) is 0 Å². The van der Waals surface area contributed by atoms with Gasteiger partial charge in [-0.2, -0.15) is 0 Å². The van der Waals surface area contributed by atoms with Gasteiger partial charge in [-0.3, -0.25) is 10.0 Å². The number of hydrogen-bond donors (Lipinski definition) is 3. The molecule has 2 aromatic carbocycles. The number of benzene rings is 2. The molecule has 148 valence electrons. The number of carbonyl (C=O) groups is 1. The van der Waals surface area contributed by atoms with Crippen molar-refractivity contribution < 1.29 is 10.0 Å². The first-order chi connectivity index (χ1) is 13.6. The maximum Gasteiger partial charge on any atom is 0.255 e. The average Bonchev–Trinajstić information content (AvgIpc) is 2.75. The highest BCUT2D eigenvalue weighted by Crippen LogP contribution is 2.29. The minimum atomic E-state index is -0.541. The molecule has 0 bridgehead atoms. The molecule has 28 heavy (non-hydrogen) atoms. The molecule has 0 radical (unpaired) electrons. The first-order valence-electron chi connectivity index (χ1n) is 10.0. The maximum atomic E-state index is 12.3. The third kappa shape index (κ3) is 4.60. The van der Waals surface area contributed by atoms with E-state index in [9.17, 15) is 4.79 Å². The van der Waals surface area contributed by atoms with Crippen LogP contribution in [0.2, 0.25) is 0 Å². The Morgan fingerprint density at radius 3 is 2.29 bits per heavy atom. The molecule has 1 heterocycles. The predicted molar refractivity (Wildman–Crippen MR) is 112 cm³/mol. The van der Waals surface area contributed by atoms with E-state index < -0.39 is 11.8 Å². The van der Waals surface area contributed by atoms with Gasteiger partial charge >= 0.3 is 0 Å². The van der Waals surface area contributed by atoms with Gasteiger partial charge in [-0.1, -0.05) is 55.8 Å². The van der Waals surface area contributed by atoms with Crippen molar-refractivity contribution in [3.05, 3.63) is 65.7 Å². The van der Waals surface area contributed by atoms with E-state index in [0.717, 1.165) is 61.3 Å². The molecule has 1 aliphatic rings. The molecule has 1 unspecified atom stereocenters.